The number of nitrogens with one attached hydrogen (secondary N) is 3. The standard InChI is InChI=1S/C18H23N5O2.ClH/c24-17(15-7-1-3-11-20-15)22-13-5-9-19-10-6-14-23-18(25)16-8-2-4-12-21-16;/h1-4,7-8,11-12,19H,5-6,9-10,13-14H2,(H,22,24)(H,23,25);1H/p-1. The molecule has 3 N–H and O–H groups in total. The van der Waals surface area contributed by atoms with Crippen LogP contribution in [0.1, 0.15) is 33.8 Å². The van der Waals surface area contributed by atoms with Crippen molar-refractivity contribution in [1.29, 1.82) is 0 Å². The molecule has 0 fully saturated rings. The van der Waals surface area contributed by atoms with Crippen molar-refractivity contribution in [3.63, 3.8) is 0 Å². The molecule has 2 aromatic heterocycles. The van der Waals surface area contributed by atoms with Crippen molar-refractivity contribution in [1.82, 2.24) is 25.9 Å². The first-order chi connectivity index (χ1) is 12.3. The molecule has 2 amide bonds. The van der Waals surface area contributed by atoms with Crippen LogP contribution in [0.3, 0.4) is 0 Å². The Morgan fingerprint density at radius 3 is 1.58 bits per heavy atom. The number of pyridine rings is 2. The second kappa shape index (κ2) is 12.8. The van der Waals surface area contributed by atoms with E-state index in [1.165, 1.54) is 0 Å². The van der Waals surface area contributed by atoms with Crippen LogP contribution in [0, 0.1) is 0 Å². The minimum atomic E-state index is -0.155. The topological polar surface area (TPSA) is 96.0 Å². The average Bonchev–Trinajstić information content (AvgIpc) is 2.67. The second-order valence-corrected chi connectivity index (χ2v) is 5.40. The Morgan fingerprint density at radius 1 is 0.731 bits per heavy atom. The Balaban J connectivity index is 0.00000338. The molecule has 7 nitrogen and oxygen atoms in total. The third-order valence-electron chi connectivity index (χ3n) is 3.43. The Kier molecular flexibility index (Phi) is 10.6. The summed E-state index contributed by atoms with van der Waals surface area (Å²) in [7, 11) is 0. The number of rotatable bonds is 10. The summed E-state index contributed by atoms with van der Waals surface area (Å²) in [5, 5.41) is 8.94. The van der Waals surface area contributed by atoms with Crippen LogP contribution in [0.15, 0.2) is 48.8 Å². The number of halogens is 1. The van der Waals surface area contributed by atoms with E-state index in [0.717, 1.165) is 25.9 Å². The lowest BCUT2D eigenvalue weighted by Gasteiger charge is -2.07. The van der Waals surface area contributed by atoms with E-state index in [1.807, 2.05) is 0 Å². The number of amides is 2. The zero-order valence-electron chi connectivity index (χ0n) is 14.5. The van der Waals surface area contributed by atoms with Crippen LogP contribution >= 0.6 is 0 Å². The molecule has 0 atom stereocenters. The number of hydrogen-bond acceptors (Lipinski definition) is 5. The van der Waals surface area contributed by atoms with E-state index in [0.29, 0.717) is 24.5 Å². The Hall–Kier alpha value is -2.51. The van der Waals surface area contributed by atoms with Gasteiger partial charge in [0.25, 0.3) is 11.8 Å². The lowest BCUT2D eigenvalue weighted by molar-refractivity contribution is -0.0000218. The summed E-state index contributed by atoms with van der Waals surface area (Å²) in [6, 6.07) is 10.5. The fraction of sp³-hybridized carbons (Fsp3) is 0.333. The number of nitrogens with zero attached hydrogens (tertiary/aromatic N) is 2. The van der Waals surface area contributed by atoms with Crippen molar-refractivity contribution < 1.29 is 22.0 Å². The number of carbonyl (C=O) groups is 2. The van der Waals surface area contributed by atoms with Gasteiger partial charge in [0.1, 0.15) is 11.4 Å². The van der Waals surface area contributed by atoms with Gasteiger partial charge in [-0.25, -0.2) is 0 Å². The van der Waals surface area contributed by atoms with E-state index < -0.39 is 0 Å². The smallest absolute Gasteiger partial charge is 0.269 e. The molecule has 0 saturated carbocycles. The van der Waals surface area contributed by atoms with Crippen LogP contribution in [0.5, 0.6) is 0 Å². The highest BCUT2D eigenvalue weighted by atomic mass is 35.5. The van der Waals surface area contributed by atoms with Crippen LogP contribution < -0.4 is 28.4 Å². The van der Waals surface area contributed by atoms with Crippen molar-refractivity contribution >= 4 is 11.8 Å². The zero-order chi connectivity index (χ0) is 17.7. The lowest BCUT2D eigenvalue weighted by Crippen LogP contribution is -3.00. The van der Waals surface area contributed by atoms with Gasteiger partial charge in [-0.05, 0) is 50.2 Å². The first kappa shape index (κ1) is 21.5. The summed E-state index contributed by atoms with van der Waals surface area (Å²) < 4.78 is 0. The van der Waals surface area contributed by atoms with Crippen LogP contribution in [-0.4, -0.2) is 48.0 Å². The van der Waals surface area contributed by atoms with E-state index in [-0.39, 0.29) is 24.2 Å². The molecule has 0 aliphatic rings. The number of carbonyl (C=O) groups excluding carboxylic acids is 2. The molecule has 0 spiro atoms. The molecule has 0 aromatic carbocycles. The van der Waals surface area contributed by atoms with Gasteiger partial charge in [0.2, 0.25) is 0 Å². The van der Waals surface area contributed by atoms with Gasteiger partial charge >= 0.3 is 0 Å². The molecule has 0 bridgehead atoms. The fourth-order valence-electron chi connectivity index (χ4n) is 2.13. The maximum atomic E-state index is 11.8. The number of aromatic nitrogens is 2. The van der Waals surface area contributed by atoms with Gasteiger partial charge in [-0.2, -0.15) is 0 Å². The van der Waals surface area contributed by atoms with Crippen LogP contribution in [0.2, 0.25) is 0 Å². The van der Waals surface area contributed by atoms with Crippen LogP contribution in [-0.2, 0) is 0 Å². The van der Waals surface area contributed by atoms with Gasteiger partial charge in [-0.1, -0.05) is 12.1 Å². The normalized spacial score (nSPS) is 9.85. The van der Waals surface area contributed by atoms with Gasteiger partial charge in [0, 0.05) is 25.5 Å². The van der Waals surface area contributed by atoms with Crippen molar-refractivity contribution in [3.8, 4) is 0 Å². The molecule has 26 heavy (non-hydrogen) atoms. The van der Waals surface area contributed by atoms with Crippen molar-refractivity contribution in [2.24, 2.45) is 0 Å². The van der Waals surface area contributed by atoms with Gasteiger partial charge in [0.05, 0.1) is 0 Å². The predicted molar refractivity (Wildman–Crippen MR) is 95.2 cm³/mol. The average molecular weight is 377 g/mol. The second-order valence-electron chi connectivity index (χ2n) is 5.40. The third-order valence-corrected chi connectivity index (χ3v) is 3.43. The first-order valence-corrected chi connectivity index (χ1v) is 8.36. The van der Waals surface area contributed by atoms with Gasteiger partial charge in [-0.3, -0.25) is 19.6 Å². The van der Waals surface area contributed by atoms with E-state index in [4.69, 9.17) is 0 Å². The van der Waals surface area contributed by atoms with E-state index in [1.54, 1.807) is 48.8 Å². The van der Waals surface area contributed by atoms with E-state index >= 15 is 0 Å². The number of hydrogen-bond donors (Lipinski definition) is 3. The molecule has 0 aliphatic heterocycles. The van der Waals surface area contributed by atoms with E-state index in [9.17, 15) is 9.59 Å². The summed E-state index contributed by atoms with van der Waals surface area (Å²) in [5.74, 6) is -0.310. The summed E-state index contributed by atoms with van der Waals surface area (Å²) in [4.78, 5) is 31.5. The fourth-order valence-corrected chi connectivity index (χ4v) is 2.13. The maximum absolute atomic E-state index is 11.8. The molecule has 2 aromatic rings. The lowest BCUT2D eigenvalue weighted by atomic mass is 10.3. The highest BCUT2D eigenvalue weighted by Crippen LogP contribution is 1.93. The van der Waals surface area contributed by atoms with Gasteiger partial charge in [-0.15, -0.1) is 0 Å². The van der Waals surface area contributed by atoms with E-state index in [2.05, 4.69) is 25.9 Å². The minimum absolute atomic E-state index is 0. The molecule has 140 valence electrons. The predicted octanol–water partition coefficient (Wildman–Crippen LogP) is -1.99. The molecular formula is C18H23ClN5O2-. The van der Waals surface area contributed by atoms with Crippen LogP contribution in [0.4, 0.5) is 0 Å². The highest BCUT2D eigenvalue weighted by molar-refractivity contribution is 5.92. The molecule has 0 saturated heterocycles. The molecule has 2 rings (SSSR count). The Bertz CT molecular complexity index is 598. The largest absolute Gasteiger partial charge is 1.00 e. The molecule has 0 unspecified atom stereocenters. The van der Waals surface area contributed by atoms with Crippen molar-refractivity contribution in [3.05, 3.63) is 60.2 Å². The monoisotopic (exact) mass is 376 g/mol. The Labute approximate surface area is 159 Å². The quantitative estimate of drug-likeness (QED) is 0.417. The maximum Gasteiger partial charge on any atom is 0.269 e. The van der Waals surface area contributed by atoms with Crippen molar-refractivity contribution in [2.45, 2.75) is 12.8 Å². The van der Waals surface area contributed by atoms with Crippen molar-refractivity contribution in [2.75, 3.05) is 26.2 Å². The first-order valence-electron chi connectivity index (χ1n) is 8.36. The van der Waals surface area contributed by atoms with Crippen LogP contribution in [0.25, 0.3) is 0 Å². The van der Waals surface area contributed by atoms with Gasteiger partial charge < -0.3 is 28.4 Å². The summed E-state index contributed by atoms with van der Waals surface area (Å²) in [6.45, 7) is 2.80. The third kappa shape index (κ3) is 8.04. The summed E-state index contributed by atoms with van der Waals surface area (Å²) >= 11 is 0. The summed E-state index contributed by atoms with van der Waals surface area (Å²) in [5.41, 5.74) is 0.859. The summed E-state index contributed by atoms with van der Waals surface area (Å²) in [6.07, 6.45) is 4.87. The molecule has 0 radical (unpaired) electrons. The minimum Gasteiger partial charge on any atom is -1.00 e. The highest BCUT2D eigenvalue weighted by Gasteiger charge is 2.05. The SMILES string of the molecule is O=C(NCCCNCCCNC(=O)c1ccccn1)c1ccccn1.[Cl-]. The zero-order valence-corrected chi connectivity index (χ0v) is 15.2. The molecule has 8 heteroatoms. The molecular weight excluding hydrogens is 354 g/mol. The molecule has 2 heterocycles. The van der Waals surface area contributed by atoms with Gasteiger partial charge in [0.15, 0.2) is 0 Å². The Morgan fingerprint density at radius 2 is 1.19 bits per heavy atom. The molecule has 0 aliphatic carbocycles.